The van der Waals surface area contributed by atoms with Gasteiger partial charge in [-0.1, -0.05) is 13.8 Å². The molecule has 0 amide bonds. The lowest BCUT2D eigenvalue weighted by atomic mass is 10.0. The quantitative estimate of drug-likeness (QED) is 0.879. The minimum absolute atomic E-state index is 0.302. The van der Waals surface area contributed by atoms with Crippen molar-refractivity contribution in [3.8, 4) is 11.4 Å². The van der Waals surface area contributed by atoms with E-state index in [0.29, 0.717) is 18.3 Å². The van der Waals surface area contributed by atoms with E-state index in [1.807, 2.05) is 18.2 Å². The first-order chi connectivity index (χ1) is 8.67. The van der Waals surface area contributed by atoms with E-state index >= 15 is 0 Å². The van der Waals surface area contributed by atoms with Crippen molar-refractivity contribution in [1.82, 2.24) is 20.2 Å². The second kappa shape index (κ2) is 5.14. The van der Waals surface area contributed by atoms with E-state index in [0.717, 1.165) is 17.0 Å². The molecule has 2 N–H and O–H groups in total. The van der Waals surface area contributed by atoms with Crippen LogP contribution in [0.15, 0.2) is 18.2 Å². The van der Waals surface area contributed by atoms with E-state index in [9.17, 15) is 0 Å². The summed E-state index contributed by atoms with van der Waals surface area (Å²) in [6, 6.07) is 5.87. The van der Waals surface area contributed by atoms with Crippen molar-refractivity contribution in [2.24, 2.45) is 5.73 Å². The van der Waals surface area contributed by atoms with Crippen LogP contribution in [0.1, 0.15) is 31.2 Å². The van der Waals surface area contributed by atoms with Crippen molar-refractivity contribution in [2.75, 3.05) is 7.11 Å². The fraction of sp³-hybridized carbons (Fsp3) is 0.417. The molecule has 0 unspecified atom stereocenters. The van der Waals surface area contributed by atoms with Gasteiger partial charge >= 0.3 is 0 Å². The molecule has 0 radical (unpaired) electrons. The molecule has 0 aliphatic rings. The van der Waals surface area contributed by atoms with Gasteiger partial charge in [0.15, 0.2) is 5.82 Å². The van der Waals surface area contributed by atoms with Crippen LogP contribution in [-0.4, -0.2) is 27.3 Å². The predicted molar refractivity (Wildman–Crippen MR) is 67.7 cm³/mol. The molecular formula is C12H17N5O. The molecule has 6 heteroatoms. The molecule has 6 nitrogen and oxygen atoms in total. The third-order valence-corrected chi connectivity index (χ3v) is 2.80. The van der Waals surface area contributed by atoms with E-state index < -0.39 is 0 Å². The first-order valence-corrected chi connectivity index (χ1v) is 5.83. The second-order valence-corrected chi connectivity index (χ2v) is 4.29. The van der Waals surface area contributed by atoms with Gasteiger partial charge in [0.2, 0.25) is 0 Å². The summed E-state index contributed by atoms with van der Waals surface area (Å²) in [7, 11) is 1.67. The van der Waals surface area contributed by atoms with Crippen LogP contribution in [0.3, 0.4) is 0 Å². The smallest absolute Gasteiger partial charge is 0.170 e. The number of hydrogen-bond acceptors (Lipinski definition) is 5. The lowest BCUT2D eigenvalue weighted by Gasteiger charge is -2.13. The summed E-state index contributed by atoms with van der Waals surface area (Å²) in [4.78, 5) is 0. The normalized spacial score (nSPS) is 10.9. The third-order valence-electron chi connectivity index (χ3n) is 2.80. The van der Waals surface area contributed by atoms with Crippen LogP contribution in [0.2, 0.25) is 0 Å². The molecule has 1 aromatic heterocycles. The van der Waals surface area contributed by atoms with Crippen molar-refractivity contribution < 1.29 is 4.74 Å². The van der Waals surface area contributed by atoms with Crippen LogP contribution in [-0.2, 0) is 6.54 Å². The number of benzene rings is 1. The molecule has 0 aliphatic carbocycles. The predicted octanol–water partition coefficient (Wildman–Crippen LogP) is 1.25. The van der Waals surface area contributed by atoms with Crippen LogP contribution < -0.4 is 10.5 Å². The lowest BCUT2D eigenvalue weighted by Crippen LogP contribution is -2.08. The summed E-state index contributed by atoms with van der Waals surface area (Å²) < 4.78 is 6.99. The molecule has 1 heterocycles. The molecule has 0 spiro atoms. The van der Waals surface area contributed by atoms with Gasteiger partial charge in [-0.25, -0.2) is 0 Å². The van der Waals surface area contributed by atoms with Crippen molar-refractivity contribution in [3.63, 3.8) is 0 Å². The highest BCUT2D eigenvalue weighted by Crippen LogP contribution is 2.28. The Bertz CT molecular complexity index is 535. The SMILES string of the molecule is COc1ccc(-n2nnnc2CN)cc1C(C)C. The van der Waals surface area contributed by atoms with Gasteiger partial charge in [-0.3, -0.25) is 0 Å². The highest BCUT2D eigenvalue weighted by Gasteiger charge is 2.12. The maximum absolute atomic E-state index is 5.60. The van der Waals surface area contributed by atoms with Crippen LogP contribution in [0.25, 0.3) is 5.69 Å². The average molecular weight is 247 g/mol. The fourth-order valence-electron chi connectivity index (χ4n) is 1.84. The number of nitrogens with two attached hydrogens (primary N) is 1. The summed E-state index contributed by atoms with van der Waals surface area (Å²) >= 11 is 0. The average Bonchev–Trinajstić information content (AvgIpc) is 2.86. The molecule has 2 aromatic rings. The molecule has 0 fully saturated rings. The molecule has 0 saturated carbocycles. The van der Waals surface area contributed by atoms with Crippen molar-refractivity contribution in [3.05, 3.63) is 29.6 Å². The van der Waals surface area contributed by atoms with Gasteiger partial charge in [0.1, 0.15) is 5.75 Å². The van der Waals surface area contributed by atoms with E-state index in [-0.39, 0.29) is 0 Å². The maximum atomic E-state index is 5.60. The lowest BCUT2D eigenvalue weighted by molar-refractivity contribution is 0.407. The Labute approximate surface area is 106 Å². The van der Waals surface area contributed by atoms with Gasteiger partial charge in [-0.15, -0.1) is 5.10 Å². The molecule has 0 aliphatic heterocycles. The molecule has 0 atom stereocenters. The van der Waals surface area contributed by atoms with Crippen molar-refractivity contribution >= 4 is 0 Å². The van der Waals surface area contributed by atoms with Crippen LogP contribution in [0.4, 0.5) is 0 Å². The topological polar surface area (TPSA) is 78.8 Å². The number of aromatic nitrogens is 4. The number of nitrogens with zero attached hydrogens (tertiary/aromatic N) is 4. The summed E-state index contributed by atoms with van der Waals surface area (Å²) in [6.45, 7) is 4.53. The molecule has 0 saturated heterocycles. The standard InChI is InChI=1S/C12H17N5O/c1-8(2)10-6-9(4-5-11(10)18-3)17-12(7-13)14-15-16-17/h4-6,8H,7,13H2,1-3H3. The Balaban J connectivity index is 2.50. The Morgan fingerprint density at radius 3 is 2.78 bits per heavy atom. The zero-order valence-electron chi connectivity index (χ0n) is 10.8. The highest BCUT2D eigenvalue weighted by molar-refractivity contribution is 5.45. The Morgan fingerprint density at radius 2 is 2.17 bits per heavy atom. The van der Waals surface area contributed by atoms with E-state index in [1.54, 1.807) is 11.8 Å². The fourth-order valence-corrected chi connectivity index (χ4v) is 1.84. The molecule has 2 rings (SSSR count). The summed E-state index contributed by atoms with van der Waals surface area (Å²) in [5.41, 5.74) is 7.61. The maximum Gasteiger partial charge on any atom is 0.170 e. The Hall–Kier alpha value is -1.95. The molecule has 96 valence electrons. The van der Waals surface area contributed by atoms with Crippen molar-refractivity contribution in [1.29, 1.82) is 0 Å². The number of methoxy groups -OCH3 is 1. The van der Waals surface area contributed by atoms with Gasteiger partial charge in [0, 0.05) is 0 Å². The second-order valence-electron chi connectivity index (χ2n) is 4.29. The van der Waals surface area contributed by atoms with E-state index in [2.05, 4.69) is 29.4 Å². The van der Waals surface area contributed by atoms with Crippen LogP contribution in [0.5, 0.6) is 5.75 Å². The minimum atomic E-state index is 0.302. The first-order valence-electron chi connectivity index (χ1n) is 5.83. The number of ether oxygens (including phenoxy) is 1. The zero-order valence-corrected chi connectivity index (χ0v) is 10.8. The number of rotatable bonds is 4. The van der Waals surface area contributed by atoms with Crippen LogP contribution >= 0.6 is 0 Å². The summed E-state index contributed by atoms with van der Waals surface area (Å²) in [5, 5.41) is 11.5. The third kappa shape index (κ3) is 2.19. The number of hydrogen-bond donors (Lipinski definition) is 1. The van der Waals surface area contributed by atoms with Gasteiger partial charge < -0.3 is 10.5 Å². The van der Waals surface area contributed by atoms with Gasteiger partial charge in [-0.2, -0.15) is 4.68 Å². The Kier molecular flexibility index (Phi) is 3.57. The van der Waals surface area contributed by atoms with Gasteiger partial charge in [0.05, 0.1) is 19.3 Å². The van der Waals surface area contributed by atoms with E-state index in [4.69, 9.17) is 10.5 Å². The zero-order chi connectivity index (χ0) is 13.1. The van der Waals surface area contributed by atoms with E-state index in [1.165, 1.54) is 0 Å². The van der Waals surface area contributed by atoms with Gasteiger partial charge in [0.25, 0.3) is 0 Å². The van der Waals surface area contributed by atoms with Crippen LogP contribution in [0, 0.1) is 0 Å². The molecular weight excluding hydrogens is 230 g/mol. The van der Waals surface area contributed by atoms with Gasteiger partial charge in [-0.05, 0) is 40.1 Å². The Morgan fingerprint density at radius 1 is 1.39 bits per heavy atom. The number of tetrazole rings is 1. The van der Waals surface area contributed by atoms with Crippen molar-refractivity contribution in [2.45, 2.75) is 26.3 Å². The molecule has 0 bridgehead atoms. The largest absolute Gasteiger partial charge is 0.496 e. The monoisotopic (exact) mass is 247 g/mol. The minimum Gasteiger partial charge on any atom is -0.496 e. The summed E-state index contributed by atoms with van der Waals surface area (Å²) in [5.74, 6) is 1.86. The molecule has 1 aromatic carbocycles. The first kappa shape index (κ1) is 12.5. The summed E-state index contributed by atoms with van der Waals surface area (Å²) in [6.07, 6.45) is 0. The molecule has 18 heavy (non-hydrogen) atoms. The highest BCUT2D eigenvalue weighted by atomic mass is 16.5.